The molecule has 4 rings (SSSR count). The van der Waals surface area contributed by atoms with E-state index in [2.05, 4.69) is 0 Å². The molecule has 2 saturated heterocycles. The maximum atomic E-state index is 12.9. The van der Waals surface area contributed by atoms with E-state index in [9.17, 15) is 21.6 Å². The molecule has 0 saturated carbocycles. The Balaban J connectivity index is 1.72. The fraction of sp³-hybridized carbons (Fsp3) is 0.500. The van der Waals surface area contributed by atoms with E-state index < -0.39 is 42.8 Å². The summed E-state index contributed by atoms with van der Waals surface area (Å²) in [6.07, 6.45) is 0. The maximum absolute atomic E-state index is 12.9. The van der Waals surface area contributed by atoms with E-state index in [1.165, 1.54) is 29.8 Å². The summed E-state index contributed by atoms with van der Waals surface area (Å²) >= 11 is 0. The molecule has 2 N–H and O–H groups in total. The van der Waals surface area contributed by atoms with Crippen LogP contribution in [-0.2, 0) is 26.9 Å². The number of sulfone groups is 1. The van der Waals surface area contributed by atoms with Crippen molar-refractivity contribution in [3.8, 4) is 0 Å². The third-order valence-corrected chi connectivity index (χ3v) is 9.21. The normalized spacial score (nSPS) is 29.3. The number of nitrogens with zero attached hydrogens (tertiary/aromatic N) is 2. The third kappa shape index (κ3) is 2.37. The molecule has 9 nitrogen and oxygen atoms in total. The molecule has 0 unspecified atom stereocenters. The molecule has 11 heteroatoms. The molecule has 0 amide bonds. The minimum atomic E-state index is -3.91. The van der Waals surface area contributed by atoms with Gasteiger partial charge in [0.25, 0.3) is 0 Å². The molecule has 2 aromatic rings. The molecule has 2 aliphatic heterocycles. The average Bonchev–Trinajstić information content (AvgIpc) is 3.15. The number of benzene rings is 1. The van der Waals surface area contributed by atoms with Crippen molar-refractivity contribution in [2.45, 2.75) is 16.2 Å². The van der Waals surface area contributed by atoms with Crippen LogP contribution in [0.4, 0.5) is 0 Å². The first-order valence-corrected chi connectivity index (χ1v) is 10.8. The van der Waals surface area contributed by atoms with E-state index in [1.54, 1.807) is 0 Å². The third-order valence-electron chi connectivity index (χ3n) is 5.11. The Morgan fingerprint density at radius 3 is 2.68 bits per heavy atom. The molecule has 0 spiro atoms. The van der Waals surface area contributed by atoms with Crippen LogP contribution in [0, 0.1) is 5.92 Å². The Bertz CT molecular complexity index is 1130. The summed E-state index contributed by atoms with van der Waals surface area (Å²) in [4.78, 5) is 11.5. The molecule has 25 heavy (non-hydrogen) atoms. The lowest BCUT2D eigenvalue weighted by atomic mass is 10.0. The quantitative estimate of drug-likeness (QED) is 0.690. The van der Waals surface area contributed by atoms with Crippen molar-refractivity contribution >= 4 is 31.0 Å². The Morgan fingerprint density at radius 1 is 1.28 bits per heavy atom. The molecule has 1 aromatic carbocycles. The number of oxazole rings is 1. The predicted molar refractivity (Wildman–Crippen MR) is 89.3 cm³/mol. The van der Waals surface area contributed by atoms with Crippen LogP contribution in [0.3, 0.4) is 0 Å². The molecule has 3 heterocycles. The summed E-state index contributed by atoms with van der Waals surface area (Å²) in [5.41, 5.74) is 6.52. The summed E-state index contributed by atoms with van der Waals surface area (Å²) in [5.74, 6) is -1.08. The van der Waals surface area contributed by atoms with Crippen molar-refractivity contribution in [1.82, 2.24) is 8.87 Å². The SMILES string of the molecule is Cn1c(=O)oc2cc(S(=O)(=O)N3C[C@H]4[C@H](N)CS(=O)(=O)[C@H]4C3)ccc21. The van der Waals surface area contributed by atoms with Gasteiger partial charge in [-0.15, -0.1) is 0 Å². The van der Waals surface area contributed by atoms with Crippen LogP contribution in [0.1, 0.15) is 0 Å². The van der Waals surface area contributed by atoms with Gasteiger partial charge in [0.2, 0.25) is 10.0 Å². The van der Waals surface area contributed by atoms with Gasteiger partial charge in [-0.05, 0) is 12.1 Å². The molecule has 0 bridgehead atoms. The molecular weight excluding hydrogens is 370 g/mol. The molecule has 1 aromatic heterocycles. The van der Waals surface area contributed by atoms with Gasteiger partial charge < -0.3 is 10.2 Å². The van der Waals surface area contributed by atoms with Crippen molar-refractivity contribution in [1.29, 1.82) is 0 Å². The monoisotopic (exact) mass is 387 g/mol. The number of rotatable bonds is 2. The average molecular weight is 387 g/mol. The molecule has 136 valence electrons. The Labute approximate surface area is 144 Å². The van der Waals surface area contributed by atoms with Crippen molar-refractivity contribution in [3.05, 3.63) is 28.7 Å². The second-order valence-corrected chi connectivity index (χ2v) is 10.8. The zero-order valence-corrected chi connectivity index (χ0v) is 15.0. The van der Waals surface area contributed by atoms with Gasteiger partial charge in [0.1, 0.15) is 0 Å². The number of aromatic nitrogens is 1. The van der Waals surface area contributed by atoms with Crippen LogP contribution in [0.5, 0.6) is 0 Å². The highest BCUT2D eigenvalue weighted by molar-refractivity contribution is 7.92. The Morgan fingerprint density at radius 2 is 2.00 bits per heavy atom. The topological polar surface area (TPSA) is 133 Å². The molecule has 3 atom stereocenters. The number of aryl methyl sites for hydroxylation is 1. The molecule has 0 aliphatic carbocycles. The van der Waals surface area contributed by atoms with Gasteiger partial charge in [0.15, 0.2) is 15.4 Å². The van der Waals surface area contributed by atoms with Gasteiger partial charge in [-0.1, -0.05) is 0 Å². The molecule has 2 aliphatic rings. The number of nitrogens with two attached hydrogens (primary N) is 1. The van der Waals surface area contributed by atoms with Crippen molar-refractivity contribution < 1.29 is 21.3 Å². The fourth-order valence-corrected chi connectivity index (χ4v) is 7.56. The van der Waals surface area contributed by atoms with E-state index >= 15 is 0 Å². The second kappa shape index (κ2) is 5.16. The highest BCUT2D eigenvalue weighted by Crippen LogP contribution is 2.36. The molecule has 2 fully saturated rings. The number of fused-ring (bicyclic) bond motifs is 2. The summed E-state index contributed by atoms with van der Waals surface area (Å²) < 4.78 is 57.5. The van der Waals surface area contributed by atoms with Crippen LogP contribution >= 0.6 is 0 Å². The van der Waals surface area contributed by atoms with Crippen molar-refractivity contribution in [3.63, 3.8) is 0 Å². The largest absolute Gasteiger partial charge is 0.419 e. The van der Waals surface area contributed by atoms with E-state index in [1.807, 2.05) is 0 Å². The fourth-order valence-electron chi connectivity index (χ4n) is 3.69. The number of hydrogen-bond acceptors (Lipinski definition) is 7. The first kappa shape index (κ1) is 16.8. The zero-order chi connectivity index (χ0) is 18.1. The zero-order valence-electron chi connectivity index (χ0n) is 13.3. The van der Waals surface area contributed by atoms with Gasteiger partial charge >= 0.3 is 5.76 Å². The lowest BCUT2D eigenvalue weighted by Crippen LogP contribution is -2.35. The number of sulfonamides is 1. The molecular formula is C14H17N3O6S2. The lowest BCUT2D eigenvalue weighted by Gasteiger charge is -2.18. The van der Waals surface area contributed by atoms with Crippen LogP contribution in [0.15, 0.2) is 32.3 Å². The van der Waals surface area contributed by atoms with Crippen LogP contribution in [0.25, 0.3) is 11.1 Å². The maximum Gasteiger partial charge on any atom is 0.419 e. The lowest BCUT2D eigenvalue weighted by molar-refractivity contribution is 0.436. The van der Waals surface area contributed by atoms with Gasteiger partial charge in [0.05, 0.1) is 21.4 Å². The summed E-state index contributed by atoms with van der Waals surface area (Å²) in [6, 6.07) is 3.61. The van der Waals surface area contributed by atoms with Crippen LogP contribution < -0.4 is 11.5 Å². The van der Waals surface area contributed by atoms with E-state index in [4.69, 9.17) is 10.2 Å². The predicted octanol–water partition coefficient (Wildman–Crippen LogP) is -1.12. The van der Waals surface area contributed by atoms with E-state index in [0.717, 1.165) is 4.31 Å². The van der Waals surface area contributed by atoms with E-state index in [-0.39, 0.29) is 29.3 Å². The van der Waals surface area contributed by atoms with Crippen molar-refractivity contribution in [2.24, 2.45) is 18.7 Å². The Kier molecular flexibility index (Phi) is 3.46. The number of hydrogen-bond donors (Lipinski definition) is 1. The van der Waals surface area contributed by atoms with Gasteiger partial charge in [-0.2, -0.15) is 4.31 Å². The van der Waals surface area contributed by atoms with Crippen LogP contribution in [0.2, 0.25) is 0 Å². The smallest absolute Gasteiger partial charge is 0.408 e. The second-order valence-electron chi connectivity index (χ2n) is 6.57. The van der Waals surface area contributed by atoms with Gasteiger partial charge in [-0.3, -0.25) is 4.57 Å². The minimum Gasteiger partial charge on any atom is -0.408 e. The summed E-state index contributed by atoms with van der Waals surface area (Å²) in [7, 11) is -5.76. The first-order valence-electron chi connectivity index (χ1n) is 7.68. The Hall–Kier alpha value is -1.69. The molecule has 0 radical (unpaired) electrons. The minimum absolute atomic E-state index is 0.0414. The van der Waals surface area contributed by atoms with Crippen molar-refractivity contribution in [2.75, 3.05) is 18.8 Å². The van der Waals surface area contributed by atoms with Crippen LogP contribution in [-0.4, -0.2) is 55.8 Å². The highest BCUT2D eigenvalue weighted by atomic mass is 32.2. The van der Waals surface area contributed by atoms with Gasteiger partial charge in [0, 0.05) is 38.2 Å². The first-order chi connectivity index (χ1) is 11.6. The van der Waals surface area contributed by atoms with Gasteiger partial charge in [-0.25, -0.2) is 21.6 Å². The summed E-state index contributed by atoms with van der Waals surface area (Å²) in [5, 5.41) is -0.754. The standard InChI is InChI=1S/C14H17N3O6S2/c1-16-11-3-2-8(4-12(11)23-14(16)18)25(21,22)17-5-9-10(15)7-24(19,20)13(9)6-17/h2-4,9-10,13H,5-7,15H2,1H3/t9-,10+,13-/m0/s1. The van der Waals surface area contributed by atoms with E-state index in [0.29, 0.717) is 5.52 Å². The summed E-state index contributed by atoms with van der Waals surface area (Å²) in [6.45, 7) is -0.0238. The highest BCUT2D eigenvalue weighted by Gasteiger charge is 2.53.